The highest BCUT2D eigenvalue weighted by molar-refractivity contribution is 4.60. The molecular weight excluding hydrogens is 164 g/mol. The van der Waals surface area contributed by atoms with Crippen LogP contribution in [-0.2, 0) is 9.47 Å². The second-order valence-corrected chi connectivity index (χ2v) is 3.98. The molecule has 0 rings (SSSR count). The average Bonchev–Trinajstić information content (AvgIpc) is 2.09. The third-order valence-electron chi connectivity index (χ3n) is 2.19. The zero-order valence-electron chi connectivity index (χ0n) is 9.51. The Kier molecular flexibility index (Phi) is 8.46. The second-order valence-electron chi connectivity index (χ2n) is 3.98. The first-order valence-corrected chi connectivity index (χ1v) is 5.22. The minimum Gasteiger partial charge on any atom is -0.385 e. The fourth-order valence-corrected chi connectivity index (χ4v) is 1.48. The number of hydrogen-bond acceptors (Lipinski definition) is 2. The summed E-state index contributed by atoms with van der Waals surface area (Å²) in [6, 6.07) is 0. The van der Waals surface area contributed by atoms with Gasteiger partial charge in [0.1, 0.15) is 0 Å². The Labute approximate surface area is 82.6 Å². The number of ether oxygens (including phenoxy) is 2. The van der Waals surface area contributed by atoms with E-state index in [9.17, 15) is 0 Å². The van der Waals surface area contributed by atoms with Gasteiger partial charge in [-0.3, -0.25) is 0 Å². The number of methoxy groups -OCH3 is 2. The molecule has 13 heavy (non-hydrogen) atoms. The van der Waals surface area contributed by atoms with Crippen LogP contribution in [0.15, 0.2) is 0 Å². The van der Waals surface area contributed by atoms with Crippen molar-refractivity contribution in [3.63, 3.8) is 0 Å². The molecule has 0 aromatic carbocycles. The first-order valence-electron chi connectivity index (χ1n) is 5.22. The van der Waals surface area contributed by atoms with Crippen molar-refractivity contribution in [2.24, 2.45) is 5.92 Å². The third kappa shape index (κ3) is 8.26. The SMILES string of the molecule is COCCCCC(CC(C)C)OC. The topological polar surface area (TPSA) is 18.5 Å². The maximum Gasteiger partial charge on any atom is 0.0573 e. The Balaban J connectivity index is 3.36. The highest BCUT2D eigenvalue weighted by atomic mass is 16.5. The minimum absolute atomic E-state index is 0.442. The molecule has 0 aliphatic rings. The van der Waals surface area contributed by atoms with Gasteiger partial charge in [0.05, 0.1) is 6.10 Å². The summed E-state index contributed by atoms with van der Waals surface area (Å²) >= 11 is 0. The average molecular weight is 188 g/mol. The molecule has 1 unspecified atom stereocenters. The highest BCUT2D eigenvalue weighted by Gasteiger charge is 2.08. The van der Waals surface area contributed by atoms with Crippen LogP contribution in [0.1, 0.15) is 39.5 Å². The summed E-state index contributed by atoms with van der Waals surface area (Å²) in [5.41, 5.74) is 0. The van der Waals surface area contributed by atoms with E-state index in [4.69, 9.17) is 9.47 Å². The van der Waals surface area contributed by atoms with Crippen LogP contribution in [0.25, 0.3) is 0 Å². The Morgan fingerprint density at radius 3 is 2.23 bits per heavy atom. The number of rotatable bonds is 8. The normalized spacial score (nSPS) is 13.6. The molecule has 0 fully saturated rings. The number of hydrogen-bond donors (Lipinski definition) is 0. The van der Waals surface area contributed by atoms with Gasteiger partial charge in [-0.25, -0.2) is 0 Å². The van der Waals surface area contributed by atoms with Gasteiger partial charge in [-0.15, -0.1) is 0 Å². The zero-order chi connectivity index (χ0) is 10.1. The number of unbranched alkanes of at least 4 members (excludes halogenated alkanes) is 1. The molecular formula is C11H24O2. The van der Waals surface area contributed by atoms with E-state index in [0.29, 0.717) is 6.10 Å². The highest BCUT2D eigenvalue weighted by Crippen LogP contribution is 2.13. The molecule has 0 bridgehead atoms. The van der Waals surface area contributed by atoms with Crippen LogP contribution < -0.4 is 0 Å². The third-order valence-corrected chi connectivity index (χ3v) is 2.19. The molecule has 0 amide bonds. The van der Waals surface area contributed by atoms with Crippen LogP contribution in [0.4, 0.5) is 0 Å². The Hall–Kier alpha value is -0.0800. The summed E-state index contributed by atoms with van der Waals surface area (Å²) in [5.74, 6) is 0.729. The molecule has 0 saturated heterocycles. The fraction of sp³-hybridized carbons (Fsp3) is 1.00. The predicted octanol–water partition coefficient (Wildman–Crippen LogP) is 2.86. The smallest absolute Gasteiger partial charge is 0.0573 e. The van der Waals surface area contributed by atoms with E-state index in [1.807, 2.05) is 7.11 Å². The van der Waals surface area contributed by atoms with Crippen LogP contribution >= 0.6 is 0 Å². The van der Waals surface area contributed by atoms with Crippen LogP contribution in [0.3, 0.4) is 0 Å². The molecule has 0 radical (unpaired) electrons. The quantitative estimate of drug-likeness (QED) is 0.545. The molecule has 1 atom stereocenters. The summed E-state index contributed by atoms with van der Waals surface area (Å²) in [7, 11) is 3.56. The van der Waals surface area contributed by atoms with Crippen molar-refractivity contribution in [2.45, 2.75) is 45.6 Å². The van der Waals surface area contributed by atoms with Crippen molar-refractivity contribution in [3.8, 4) is 0 Å². The summed E-state index contributed by atoms with van der Waals surface area (Å²) in [6.07, 6.45) is 5.13. The van der Waals surface area contributed by atoms with E-state index in [2.05, 4.69) is 13.8 Å². The lowest BCUT2D eigenvalue weighted by Gasteiger charge is -2.16. The molecule has 0 spiro atoms. The van der Waals surface area contributed by atoms with E-state index in [0.717, 1.165) is 25.4 Å². The van der Waals surface area contributed by atoms with Crippen LogP contribution in [-0.4, -0.2) is 26.9 Å². The van der Waals surface area contributed by atoms with Gasteiger partial charge in [-0.05, 0) is 31.6 Å². The molecule has 0 aliphatic carbocycles. The monoisotopic (exact) mass is 188 g/mol. The summed E-state index contributed by atoms with van der Waals surface area (Å²) < 4.78 is 10.4. The van der Waals surface area contributed by atoms with Crippen molar-refractivity contribution in [3.05, 3.63) is 0 Å². The molecule has 2 heteroatoms. The molecule has 0 heterocycles. The molecule has 0 aliphatic heterocycles. The molecule has 0 N–H and O–H groups in total. The summed E-state index contributed by atoms with van der Waals surface area (Å²) in [5, 5.41) is 0. The summed E-state index contributed by atoms with van der Waals surface area (Å²) in [4.78, 5) is 0. The van der Waals surface area contributed by atoms with E-state index < -0.39 is 0 Å². The lowest BCUT2D eigenvalue weighted by atomic mass is 10.0. The maximum absolute atomic E-state index is 5.40. The Bertz CT molecular complexity index is 102. The van der Waals surface area contributed by atoms with Gasteiger partial charge in [0.15, 0.2) is 0 Å². The largest absolute Gasteiger partial charge is 0.385 e. The minimum atomic E-state index is 0.442. The molecule has 80 valence electrons. The molecule has 2 nitrogen and oxygen atoms in total. The molecule has 0 saturated carbocycles. The zero-order valence-corrected chi connectivity index (χ0v) is 9.51. The van der Waals surface area contributed by atoms with E-state index in [1.54, 1.807) is 7.11 Å². The molecule has 0 aromatic heterocycles. The maximum atomic E-state index is 5.40. The van der Waals surface area contributed by atoms with Crippen molar-refractivity contribution in [2.75, 3.05) is 20.8 Å². The fourth-order valence-electron chi connectivity index (χ4n) is 1.48. The van der Waals surface area contributed by atoms with Crippen molar-refractivity contribution >= 4 is 0 Å². The van der Waals surface area contributed by atoms with Gasteiger partial charge in [0.2, 0.25) is 0 Å². The lowest BCUT2D eigenvalue weighted by molar-refractivity contribution is 0.0729. The van der Waals surface area contributed by atoms with Crippen LogP contribution in [0, 0.1) is 5.92 Å². The summed E-state index contributed by atoms with van der Waals surface area (Å²) in [6.45, 7) is 5.35. The van der Waals surface area contributed by atoms with Crippen LogP contribution in [0.2, 0.25) is 0 Å². The standard InChI is InChI=1S/C11H24O2/c1-10(2)9-11(13-4)7-5-6-8-12-3/h10-11H,5-9H2,1-4H3. The second kappa shape index (κ2) is 8.52. The lowest BCUT2D eigenvalue weighted by Crippen LogP contribution is -2.13. The van der Waals surface area contributed by atoms with E-state index >= 15 is 0 Å². The first-order chi connectivity index (χ1) is 6.20. The van der Waals surface area contributed by atoms with Gasteiger partial charge in [0, 0.05) is 20.8 Å². The van der Waals surface area contributed by atoms with Crippen molar-refractivity contribution < 1.29 is 9.47 Å². The molecule has 0 aromatic rings. The van der Waals surface area contributed by atoms with E-state index in [1.165, 1.54) is 12.8 Å². The van der Waals surface area contributed by atoms with Gasteiger partial charge >= 0.3 is 0 Å². The van der Waals surface area contributed by atoms with Crippen molar-refractivity contribution in [1.82, 2.24) is 0 Å². The van der Waals surface area contributed by atoms with Gasteiger partial charge in [-0.1, -0.05) is 13.8 Å². The van der Waals surface area contributed by atoms with Gasteiger partial charge < -0.3 is 9.47 Å². The van der Waals surface area contributed by atoms with Crippen molar-refractivity contribution in [1.29, 1.82) is 0 Å². The van der Waals surface area contributed by atoms with Gasteiger partial charge in [-0.2, -0.15) is 0 Å². The van der Waals surface area contributed by atoms with Gasteiger partial charge in [0.25, 0.3) is 0 Å². The van der Waals surface area contributed by atoms with E-state index in [-0.39, 0.29) is 0 Å². The Morgan fingerprint density at radius 2 is 1.77 bits per heavy atom. The first kappa shape index (κ1) is 12.9. The Morgan fingerprint density at radius 1 is 1.08 bits per heavy atom. The predicted molar refractivity (Wildman–Crippen MR) is 56.0 cm³/mol. The van der Waals surface area contributed by atoms with Crippen LogP contribution in [0.5, 0.6) is 0 Å².